The summed E-state index contributed by atoms with van der Waals surface area (Å²) in [6.45, 7) is 2.32. The molecule has 1 aliphatic heterocycles. The van der Waals surface area contributed by atoms with Gasteiger partial charge in [-0.05, 0) is 42.8 Å². The third-order valence-electron chi connectivity index (χ3n) is 4.52. The van der Waals surface area contributed by atoms with Gasteiger partial charge in [-0.25, -0.2) is 0 Å². The Morgan fingerprint density at radius 2 is 2.11 bits per heavy atom. The lowest BCUT2D eigenvalue weighted by molar-refractivity contribution is 0.0947. The van der Waals surface area contributed by atoms with Crippen LogP contribution in [0.4, 0.5) is 0 Å². The van der Waals surface area contributed by atoms with E-state index in [1.165, 1.54) is 5.56 Å². The molecule has 0 spiro atoms. The summed E-state index contributed by atoms with van der Waals surface area (Å²) in [6.07, 6.45) is 1.09. The van der Waals surface area contributed by atoms with E-state index in [0.29, 0.717) is 22.8 Å². The smallest absolute Gasteiger partial charge is 0.255 e. The molecule has 138 valence electrons. The molecule has 0 bridgehead atoms. The Balaban J connectivity index is 1.44. The molecule has 0 saturated heterocycles. The average Bonchev–Trinajstić information content (AvgIpc) is 3.30. The lowest BCUT2D eigenvalue weighted by Crippen LogP contribution is -2.23. The highest BCUT2D eigenvalue weighted by atomic mass is 16.5. The van der Waals surface area contributed by atoms with Crippen LogP contribution in [0, 0.1) is 0 Å². The monoisotopic (exact) mass is 364 g/mol. The van der Waals surface area contributed by atoms with E-state index in [2.05, 4.69) is 23.5 Å². The van der Waals surface area contributed by atoms with E-state index in [1.807, 2.05) is 24.3 Å². The molecule has 2 heterocycles. The van der Waals surface area contributed by atoms with Gasteiger partial charge in [0.1, 0.15) is 23.3 Å². The first-order valence-electron chi connectivity index (χ1n) is 8.81. The number of nitrogens with one attached hydrogen (secondary N) is 1. The summed E-state index contributed by atoms with van der Waals surface area (Å²) in [7, 11) is 1.54. The molecule has 0 saturated carbocycles. The summed E-state index contributed by atoms with van der Waals surface area (Å²) in [5.41, 5.74) is 3.25. The van der Waals surface area contributed by atoms with Crippen molar-refractivity contribution < 1.29 is 18.8 Å². The van der Waals surface area contributed by atoms with Crippen LogP contribution in [0.1, 0.15) is 28.5 Å². The first kappa shape index (κ1) is 17.1. The zero-order chi connectivity index (χ0) is 18.8. The maximum absolute atomic E-state index is 12.4. The van der Waals surface area contributed by atoms with Gasteiger partial charge in [-0.15, -0.1) is 0 Å². The molecule has 0 fully saturated rings. The molecule has 2 aromatic carbocycles. The maximum atomic E-state index is 12.4. The highest BCUT2D eigenvalue weighted by Crippen LogP contribution is 2.33. The van der Waals surface area contributed by atoms with Gasteiger partial charge < -0.3 is 19.3 Å². The lowest BCUT2D eigenvalue weighted by atomic mass is 10.1. The van der Waals surface area contributed by atoms with Crippen LogP contribution < -0.4 is 14.8 Å². The van der Waals surface area contributed by atoms with Crippen LogP contribution in [0.5, 0.6) is 11.5 Å². The standard InChI is InChI=1S/C21H20N2O4/c1-13-9-15-10-14(7-8-18(15)26-13)20-11-16(23-27-20)12-22-21(24)17-5-3-4-6-19(17)25-2/h3-8,10-11,13H,9,12H2,1-2H3,(H,22,24). The number of hydrogen-bond donors (Lipinski definition) is 1. The fraction of sp³-hybridized carbons (Fsp3) is 0.238. The number of hydrogen-bond acceptors (Lipinski definition) is 5. The van der Waals surface area contributed by atoms with Gasteiger partial charge in [0.15, 0.2) is 5.76 Å². The fourth-order valence-corrected chi connectivity index (χ4v) is 3.20. The topological polar surface area (TPSA) is 73.6 Å². The molecule has 1 amide bonds. The number of carbonyl (C=O) groups is 1. The summed E-state index contributed by atoms with van der Waals surface area (Å²) in [6, 6.07) is 14.9. The number of amides is 1. The Bertz CT molecular complexity index is 980. The minimum atomic E-state index is -0.222. The van der Waals surface area contributed by atoms with Crippen molar-refractivity contribution in [1.29, 1.82) is 0 Å². The molecule has 1 unspecified atom stereocenters. The molecule has 6 heteroatoms. The SMILES string of the molecule is COc1ccccc1C(=O)NCc1cc(-c2ccc3c(c2)CC(C)O3)on1. The van der Waals surface area contributed by atoms with E-state index in [4.69, 9.17) is 14.0 Å². The van der Waals surface area contributed by atoms with E-state index in [9.17, 15) is 4.79 Å². The molecule has 0 radical (unpaired) electrons. The quantitative estimate of drug-likeness (QED) is 0.749. The number of nitrogens with zero attached hydrogens (tertiary/aromatic N) is 1. The third kappa shape index (κ3) is 3.51. The summed E-state index contributed by atoms with van der Waals surface area (Å²) in [4.78, 5) is 12.4. The van der Waals surface area contributed by atoms with Gasteiger partial charge in [-0.2, -0.15) is 0 Å². The Morgan fingerprint density at radius 3 is 2.96 bits per heavy atom. The van der Waals surface area contributed by atoms with Crippen molar-refractivity contribution in [3.63, 3.8) is 0 Å². The van der Waals surface area contributed by atoms with Gasteiger partial charge in [0.05, 0.1) is 19.2 Å². The van der Waals surface area contributed by atoms with Crippen LogP contribution in [0.2, 0.25) is 0 Å². The summed E-state index contributed by atoms with van der Waals surface area (Å²) in [5.74, 6) is 1.90. The normalized spacial score (nSPS) is 15.1. The molecule has 27 heavy (non-hydrogen) atoms. The van der Waals surface area contributed by atoms with Crippen molar-refractivity contribution >= 4 is 5.91 Å². The van der Waals surface area contributed by atoms with E-state index in [0.717, 1.165) is 17.7 Å². The molecule has 6 nitrogen and oxygen atoms in total. The second kappa shape index (κ2) is 7.15. The predicted octanol–water partition coefficient (Wildman–Crippen LogP) is 3.60. The molecule has 1 N–H and O–H groups in total. The first-order chi connectivity index (χ1) is 13.1. The van der Waals surface area contributed by atoms with Crippen molar-refractivity contribution in [3.05, 3.63) is 65.4 Å². The van der Waals surface area contributed by atoms with Crippen LogP contribution >= 0.6 is 0 Å². The van der Waals surface area contributed by atoms with E-state index in [1.54, 1.807) is 25.3 Å². The highest BCUT2D eigenvalue weighted by molar-refractivity contribution is 5.96. The third-order valence-corrected chi connectivity index (χ3v) is 4.52. The van der Waals surface area contributed by atoms with Crippen molar-refractivity contribution in [3.8, 4) is 22.8 Å². The van der Waals surface area contributed by atoms with E-state index < -0.39 is 0 Å². The van der Waals surface area contributed by atoms with Gasteiger partial charge in [-0.1, -0.05) is 17.3 Å². The number of rotatable bonds is 5. The second-order valence-corrected chi connectivity index (χ2v) is 6.52. The molecule has 1 atom stereocenters. The van der Waals surface area contributed by atoms with Gasteiger partial charge in [-0.3, -0.25) is 4.79 Å². The van der Waals surface area contributed by atoms with Crippen LogP contribution in [-0.4, -0.2) is 24.3 Å². The van der Waals surface area contributed by atoms with Crippen molar-refractivity contribution in [2.24, 2.45) is 0 Å². The van der Waals surface area contributed by atoms with Crippen molar-refractivity contribution in [2.45, 2.75) is 26.0 Å². The first-order valence-corrected chi connectivity index (χ1v) is 8.81. The Labute approximate surface area is 157 Å². The number of ether oxygens (including phenoxy) is 2. The molecule has 1 aromatic heterocycles. The van der Waals surface area contributed by atoms with Crippen LogP contribution in [0.3, 0.4) is 0 Å². The van der Waals surface area contributed by atoms with Crippen LogP contribution in [0.15, 0.2) is 53.1 Å². The van der Waals surface area contributed by atoms with Gasteiger partial charge in [0.25, 0.3) is 5.91 Å². The Hall–Kier alpha value is -3.28. The zero-order valence-corrected chi connectivity index (χ0v) is 15.2. The summed E-state index contributed by atoms with van der Waals surface area (Å²) < 4.78 is 16.4. The van der Waals surface area contributed by atoms with E-state index >= 15 is 0 Å². The number of aromatic nitrogens is 1. The molecular formula is C21H20N2O4. The number of methoxy groups -OCH3 is 1. The fourth-order valence-electron chi connectivity index (χ4n) is 3.20. The van der Waals surface area contributed by atoms with Crippen molar-refractivity contribution in [2.75, 3.05) is 7.11 Å². The van der Waals surface area contributed by atoms with E-state index in [-0.39, 0.29) is 18.6 Å². The van der Waals surface area contributed by atoms with Gasteiger partial charge >= 0.3 is 0 Å². The van der Waals surface area contributed by atoms with Gasteiger partial charge in [0.2, 0.25) is 0 Å². The lowest BCUT2D eigenvalue weighted by Gasteiger charge is -2.07. The molecule has 0 aliphatic carbocycles. The van der Waals surface area contributed by atoms with Gasteiger partial charge in [0, 0.05) is 18.1 Å². The molecule has 3 aromatic rings. The number of fused-ring (bicyclic) bond motifs is 1. The zero-order valence-electron chi connectivity index (χ0n) is 15.2. The molecule has 4 rings (SSSR count). The number of para-hydroxylation sites is 1. The minimum absolute atomic E-state index is 0.200. The second-order valence-electron chi connectivity index (χ2n) is 6.52. The van der Waals surface area contributed by atoms with Crippen LogP contribution in [-0.2, 0) is 13.0 Å². The predicted molar refractivity (Wildman–Crippen MR) is 99.9 cm³/mol. The average molecular weight is 364 g/mol. The Kier molecular flexibility index (Phi) is 4.54. The summed E-state index contributed by atoms with van der Waals surface area (Å²) in [5, 5.41) is 6.90. The highest BCUT2D eigenvalue weighted by Gasteiger charge is 2.20. The molecule has 1 aliphatic rings. The van der Waals surface area contributed by atoms with Crippen LogP contribution in [0.25, 0.3) is 11.3 Å². The Morgan fingerprint density at radius 1 is 1.26 bits per heavy atom. The maximum Gasteiger partial charge on any atom is 0.255 e. The largest absolute Gasteiger partial charge is 0.496 e. The number of carbonyl (C=O) groups excluding carboxylic acids is 1. The molecular weight excluding hydrogens is 344 g/mol. The van der Waals surface area contributed by atoms with Crippen molar-refractivity contribution in [1.82, 2.24) is 10.5 Å². The minimum Gasteiger partial charge on any atom is -0.496 e. The summed E-state index contributed by atoms with van der Waals surface area (Å²) >= 11 is 0. The number of benzene rings is 2.